The average Bonchev–Trinajstić information content (AvgIpc) is 3.91. The molecule has 3 heterocycles. The van der Waals surface area contributed by atoms with Gasteiger partial charge in [-0.15, -0.1) is 0 Å². The molecule has 0 aromatic carbocycles. The summed E-state index contributed by atoms with van der Waals surface area (Å²) >= 11 is 0. The number of aromatic nitrogens is 2. The van der Waals surface area contributed by atoms with Crippen LogP contribution in [0.5, 0.6) is 0 Å². The molecular formula is C29H34FN7O2. The molecule has 1 aromatic heterocycles. The SMILES string of the molecule is N#C/C(=C\C1CC12CC2)C(=O)N1CCCC1CNc1nc(NC2=CC=C(N3CCOCC3)C3CC23)ncc1F. The third-order valence-corrected chi connectivity index (χ3v) is 9.39. The highest BCUT2D eigenvalue weighted by Gasteiger charge is 2.61. The minimum atomic E-state index is -0.533. The molecule has 204 valence electrons. The molecule has 10 heteroatoms. The van der Waals surface area contributed by atoms with Crippen LogP contribution in [0.15, 0.2) is 41.4 Å². The Balaban J connectivity index is 0.989. The lowest BCUT2D eigenvalue weighted by Crippen LogP contribution is -2.40. The number of fused-ring (bicyclic) bond motifs is 1. The summed E-state index contributed by atoms with van der Waals surface area (Å²) < 4.78 is 20.1. The van der Waals surface area contributed by atoms with Gasteiger partial charge in [0, 0.05) is 55.5 Å². The lowest BCUT2D eigenvalue weighted by molar-refractivity contribution is -0.127. The molecule has 2 saturated heterocycles. The minimum Gasteiger partial charge on any atom is -0.378 e. The summed E-state index contributed by atoms with van der Waals surface area (Å²) in [6.45, 7) is 4.38. The number of hydrogen-bond acceptors (Lipinski definition) is 8. The minimum absolute atomic E-state index is 0.116. The number of nitrogens with one attached hydrogen (secondary N) is 2. The number of ether oxygens (including phenoxy) is 1. The molecule has 5 fully saturated rings. The van der Waals surface area contributed by atoms with E-state index in [2.05, 4.69) is 43.7 Å². The van der Waals surface area contributed by atoms with E-state index in [0.29, 0.717) is 42.2 Å². The summed E-state index contributed by atoms with van der Waals surface area (Å²) in [5.41, 5.74) is 3.09. The number of hydrogen-bond donors (Lipinski definition) is 2. The third kappa shape index (κ3) is 4.78. The fourth-order valence-corrected chi connectivity index (χ4v) is 6.66. The van der Waals surface area contributed by atoms with E-state index in [1.54, 1.807) is 4.90 Å². The van der Waals surface area contributed by atoms with E-state index in [0.717, 1.165) is 57.7 Å². The molecule has 1 amide bonds. The zero-order chi connectivity index (χ0) is 26.6. The summed E-state index contributed by atoms with van der Waals surface area (Å²) in [7, 11) is 0. The van der Waals surface area contributed by atoms with Crippen molar-refractivity contribution < 1.29 is 13.9 Å². The van der Waals surface area contributed by atoms with Crippen LogP contribution in [0.3, 0.4) is 0 Å². The van der Waals surface area contributed by atoms with E-state index in [4.69, 9.17) is 4.74 Å². The van der Waals surface area contributed by atoms with Crippen LogP contribution in [0.4, 0.5) is 16.2 Å². The monoisotopic (exact) mass is 531 g/mol. The van der Waals surface area contributed by atoms with Gasteiger partial charge >= 0.3 is 0 Å². The second kappa shape index (κ2) is 9.63. The van der Waals surface area contributed by atoms with E-state index >= 15 is 0 Å². The molecule has 39 heavy (non-hydrogen) atoms. The van der Waals surface area contributed by atoms with Crippen LogP contribution in [0.25, 0.3) is 0 Å². The van der Waals surface area contributed by atoms with Crippen molar-refractivity contribution >= 4 is 17.7 Å². The predicted molar refractivity (Wildman–Crippen MR) is 142 cm³/mol. The Bertz CT molecular complexity index is 1310. The number of nitrogens with zero attached hydrogens (tertiary/aromatic N) is 5. The van der Waals surface area contributed by atoms with Crippen molar-refractivity contribution in [2.75, 3.05) is 50.0 Å². The van der Waals surface area contributed by atoms with Gasteiger partial charge in [0.1, 0.15) is 11.6 Å². The van der Waals surface area contributed by atoms with E-state index in [9.17, 15) is 14.4 Å². The van der Waals surface area contributed by atoms with Gasteiger partial charge in [-0.2, -0.15) is 10.2 Å². The molecule has 4 atom stereocenters. The first-order valence-corrected chi connectivity index (χ1v) is 14.3. The third-order valence-electron chi connectivity index (χ3n) is 9.39. The predicted octanol–water partition coefficient (Wildman–Crippen LogP) is 3.43. The number of morpholine rings is 1. The normalized spacial score (nSPS) is 30.2. The van der Waals surface area contributed by atoms with Gasteiger partial charge in [0.25, 0.3) is 5.91 Å². The molecule has 3 saturated carbocycles. The standard InChI is InChI=1S/C29H34FN7O2/c30-23-17-33-28(34-24-3-4-25(22-13-21(22)24)36-8-10-39-11-9-36)35-26(23)32-16-20-2-1-7-37(20)27(38)18(15-31)12-19-14-29(19)5-6-29/h3-4,12,17,19-22H,1-2,5-11,13-14,16H2,(H2,32,33,34,35)/b18-12+. The van der Waals surface area contributed by atoms with Crippen LogP contribution >= 0.6 is 0 Å². The number of carbonyl (C=O) groups excluding carboxylic acids is 1. The summed E-state index contributed by atoms with van der Waals surface area (Å²) in [4.78, 5) is 25.9. The zero-order valence-electron chi connectivity index (χ0n) is 22.0. The van der Waals surface area contributed by atoms with Gasteiger partial charge in [-0.1, -0.05) is 6.08 Å². The number of rotatable bonds is 8. The molecule has 1 aromatic rings. The lowest BCUT2D eigenvalue weighted by atomic mass is 10.1. The molecule has 4 aliphatic carbocycles. The van der Waals surface area contributed by atoms with Crippen LogP contribution in [0.2, 0.25) is 0 Å². The molecule has 9 nitrogen and oxygen atoms in total. The maximum absolute atomic E-state index is 14.6. The van der Waals surface area contributed by atoms with Gasteiger partial charge in [0.2, 0.25) is 5.95 Å². The fourth-order valence-electron chi connectivity index (χ4n) is 6.66. The summed E-state index contributed by atoms with van der Waals surface area (Å²) in [5.74, 6) is 1.02. The molecule has 0 radical (unpaired) electrons. The summed E-state index contributed by atoms with van der Waals surface area (Å²) in [6.07, 6.45) is 13.6. The Morgan fingerprint density at radius 3 is 2.87 bits per heavy atom. The van der Waals surface area contributed by atoms with E-state index < -0.39 is 5.82 Å². The first kappa shape index (κ1) is 24.6. The number of allylic oxidation sites excluding steroid dienone is 5. The average molecular weight is 532 g/mol. The van der Waals surface area contributed by atoms with Gasteiger partial charge in [0.15, 0.2) is 11.6 Å². The smallest absolute Gasteiger partial charge is 0.264 e. The number of carbonyl (C=O) groups is 1. The highest BCUT2D eigenvalue weighted by molar-refractivity contribution is 5.97. The maximum atomic E-state index is 14.6. The van der Waals surface area contributed by atoms with Crippen molar-refractivity contribution in [1.29, 1.82) is 5.26 Å². The number of nitriles is 1. The first-order valence-electron chi connectivity index (χ1n) is 14.3. The first-order chi connectivity index (χ1) is 19.0. The summed E-state index contributed by atoms with van der Waals surface area (Å²) in [6, 6.07) is 2.02. The lowest BCUT2D eigenvalue weighted by Gasteiger charge is -2.32. The van der Waals surface area contributed by atoms with Crippen molar-refractivity contribution in [3.63, 3.8) is 0 Å². The molecule has 4 unspecified atom stereocenters. The molecule has 2 aliphatic heterocycles. The van der Waals surface area contributed by atoms with Crippen LogP contribution in [-0.4, -0.2) is 71.1 Å². The molecule has 6 aliphatic rings. The van der Waals surface area contributed by atoms with E-state index in [1.165, 1.54) is 24.7 Å². The van der Waals surface area contributed by atoms with Crippen molar-refractivity contribution in [2.24, 2.45) is 23.2 Å². The Morgan fingerprint density at radius 2 is 2.10 bits per heavy atom. The Hall–Kier alpha value is -3.45. The summed E-state index contributed by atoms with van der Waals surface area (Å²) in [5, 5.41) is 16.1. The van der Waals surface area contributed by atoms with Gasteiger partial charge in [-0.3, -0.25) is 4.79 Å². The fraction of sp³-hybridized carbons (Fsp3) is 0.586. The van der Waals surface area contributed by atoms with Crippen LogP contribution in [0, 0.1) is 40.3 Å². The molecule has 1 spiro atoms. The molecule has 2 N–H and O–H groups in total. The number of halogens is 1. The second-order valence-electron chi connectivity index (χ2n) is 11.8. The second-order valence-corrected chi connectivity index (χ2v) is 11.8. The number of amides is 1. The van der Waals surface area contributed by atoms with E-state index in [1.807, 2.05) is 6.08 Å². The van der Waals surface area contributed by atoms with Crippen LogP contribution < -0.4 is 10.6 Å². The zero-order valence-corrected chi connectivity index (χ0v) is 22.0. The number of likely N-dealkylation sites (tertiary alicyclic amines) is 1. The highest BCUT2D eigenvalue weighted by Crippen LogP contribution is 2.71. The van der Waals surface area contributed by atoms with Crippen molar-refractivity contribution in [1.82, 2.24) is 19.8 Å². The quantitative estimate of drug-likeness (QED) is 0.388. The number of anilines is 2. The Kier molecular flexibility index (Phi) is 6.07. The van der Waals surface area contributed by atoms with Crippen LogP contribution in [0.1, 0.15) is 38.5 Å². The van der Waals surface area contributed by atoms with Crippen molar-refractivity contribution in [2.45, 2.75) is 44.6 Å². The van der Waals surface area contributed by atoms with Gasteiger partial charge in [0.05, 0.1) is 19.4 Å². The van der Waals surface area contributed by atoms with Crippen molar-refractivity contribution in [3.8, 4) is 6.07 Å². The van der Waals surface area contributed by atoms with Crippen LogP contribution in [-0.2, 0) is 9.53 Å². The van der Waals surface area contributed by atoms with Gasteiger partial charge < -0.3 is 25.2 Å². The Labute approximate surface area is 227 Å². The Morgan fingerprint density at radius 1 is 1.26 bits per heavy atom. The van der Waals surface area contributed by atoms with Gasteiger partial charge in [-0.05, 0) is 62.0 Å². The largest absolute Gasteiger partial charge is 0.378 e. The highest BCUT2D eigenvalue weighted by atomic mass is 19.1. The van der Waals surface area contributed by atoms with Gasteiger partial charge in [-0.25, -0.2) is 9.37 Å². The molecule has 0 bridgehead atoms. The molecular weight excluding hydrogens is 497 g/mol. The van der Waals surface area contributed by atoms with E-state index in [-0.39, 0.29) is 23.3 Å². The maximum Gasteiger partial charge on any atom is 0.264 e. The molecule has 7 rings (SSSR count). The topological polar surface area (TPSA) is 106 Å². The van der Waals surface area contributed by atoms with Crippen molar-refractivity contribution in [3.05, 3.63) is 47.2 Å².